The Labute approximate surface area is 92.4 Å². The summed E-state index contributed by atoms with van der Waals surface area (Å²) in [7, 11) is 0. The van der Waals surface area contributed by atoms with Gasteiger partial charge < -0.3 is 5.32 Å². The molecule has 0 fully saturated rings. The number of halogens is 1. The molecule has 0 aliphatic heterocycles. The second-order valence-electron chi connectivity index (χ2n) is 3.93. The minimum Gasteiger partial charge on any atom is -0.353 e. The van der Waals surface area contributed by atoms with Crippen molar-refractivity contribution >= 4 is 17.5 Å². The summed E-state index contributed by atoms with van der Waals surface area (Å²) in [5.41, 5.74) is 0. The van der Waals surface area contributed by atoms with Gasteiger partial charge in [0.1, 0.15) is 0 Å². The van der Waals surface area contributed by atoms with Gasteiger partial charge in [-0.2, -0.15) is 0 Å². The van der Waals surface area contributed by atoms with E-state index in [0.717, 1.165) is 25.7 Å². The maximum absolute atomic E-state index is 11.6. The van der Waals surface area contributed by atoms with E-state index in [9.17, 15) is 4.79 Å². The van der Waals surface area contributed by atoms with Crippen LogP contribution in [0.15, 0.2) is 0 Å². The standard InChI is InChI=1S/C11H22ClNO/c1-4-6-9(2)11(14)13-10(3)7-5-8-12/h9-10H,4-8H2,1-3H3,(H,13,14). The topological polar surface area (TPSA) is 29.1 Å². The first-order valence-corrected chi connectivity index (χ1v) is 6.01. The van der Waals surface area contributed by atoms with Crippen LogP contribution in [0.5, 0.6) is 0 Å². The van der Waals surface area contributed by atoms with Crippen molar-refractivity contribution in [2.45, 2.75) is 52.5 Å². The monoisotopic (exact) mass is 219 g/mol. The summed E-state index contributed by atoms with van der Waals surface area (Å²) in [6.45, 7) is 6.11. The fraction of sp³-hybridized carbons (Fsp3) is 0.909. The molecule has 0 aliphatic rings. The molecule has 2 nitrogen and oxygen atoms in total. The van der Waals surface area contributed by atoms with Gasteiger partial charge in [-0.05, 0) is 26.2 Å². The van der Waals surface area contributed by atoms with E-state index in [0.29, 0.717) is 5.88 Å². The van der Waals surface area contributed by atoms with Crippen molar-refractivity contribution in [3.63, 3.8) is 0 Å². The summed E-state index contributed by atoms with van der Waals surface area (Å²) in [4.78, 5) is 11.6. The molecule has 2 atom stereocenters. The average molecular weight is 220 g/mol. The Morgan fingerprint density at radius 1 is 1.36 bits per heavy atom. The molecule has 84 valence electrons. The maximum Gasteiger partial charge on any atom is 0.223 e. The minimum atomic E-state index is 0.137. The molecule has 0 aromatic rings. The summed E-state index contributed by atoms with van der Waals surface area (Å²) < 4.78 is 0. The van der Waals surface area contributed by atoms with Crippen molar-refractivity contribution in [3.05, 3.63) is 0 Å². The predicted molar refractivity (Wildman–Crippen MR) is 61.6 cm³/mol. The van der Waals surface area contributed by atoms with Gasteiger partial charge in [-0.15, -0.1) is 11.6 Å². The Morgan fingerprint density at radius 2 is 2.00 bits per heavy atom. The molecule has 0 spiro atoms. The molecule has 0 aliphatic carbocycles. The van der Waals surface area contributed by atoms with E-state index >= 15 is 0 Å². The van der Waals surface area contributed by atoms with Crippen molar-refractivity contribution in [2.24, 2.45) is 5.92 Å². The Morgan fingerprint density at radius 3 is 2.50 bits per heavy atom. The lowest BCUT2D eigenvalue weighted by Crippen LogP contribution is -2.36. The lowest BCUT2D eigenvalue weighted by atomic mass is 10.0. The summed E-state index contributed by atoms with van der Waals surface area (Å²) in [6, 6.07) is 0.251. The van der Waals surface area contributed by atoms with E-state index < -0.39 is 0 Å². The molecule has 0 radical (unpaired) electrons. The predicted octanol–water partition coefficient (Wildman–Crippen LogP) is 2.95. The smallest absolute Gasteiger partial charge is 0.223 e. The van der Waals surface area contributed by atoms with Gasteiger partial charge >= 0.3 is 0 Å². The number of amides is 1. The highest BCUT2D eigenvalue weighted by atomic mass is 35.5. The van der Waals surface area contributed by atoms with Gasteiger partial charge in [0.2, 0.25) is 5.91 Å². The minimum absolute atomic E-state index is 0.137. The van der Waals surface area contributed by atoms with Gasteiger partial charge in [-0.1, -0.05) is 20.3 Å². The molecule has 3 heteroatoms. The Kier molecular flexibility index (Phi) is 7.96. The van der Waals surface area contributed by atoms with Crippen LogP contribution in [0.3, 0.4) is 0 Å². The average Bonchev–Trinajstić information content (AvgIpc) is 2.15. The molecule has 1 amide bonds. The van der Waals surface area contributed by atoms with Gasteiger partial charge in [0.05, 0.1) is 0 Å². The third kappa shape index (κ3) is 6.25. The molecule has 14 heavy (non-hydrogen) atoms. The third-order valence-corrected chi connectivity index (χ3v) is 2.60. The van der Waals surface area contributed by atoms with Crippen LogP contribution in [0, 0.1) is 5.92 Å². The van der Waals surface area contributed by atoms with Crippen molar-refractivity contribution in [2.75, 3.05) is 5.88 Å². The molecule has 0 aromatic carbocycles. The van der Waals surface area contributed by atoms with Gasteiger partial charge in [0.15, 0.2) is 0 Å². The molecule has 0 bridgehead atoms. The van der Waals surface area contributed by atoms with E-state index in [4.69, 9.17) is 11.6 Å². The van der Waals surface area contributed by atoms with Crippen molar-refractivity contribution in [3.8, 4) is 0 Å². The Hall–Kier alpha value is -0.240. The summed E-state index contributed by atoms with van der Waals surface area (Å²) >= 11 is 5.58. The first kappa shape index (κ1) is 13.8. The molecule has 0 saturated carbocycles. The van der Waals surface area contributed by atoms with Crippen molar-refractivity contribution < 1.29 is 4.79 Å². The van der Waals surface area contributed by atoms with Gasteiger partial charge in [0, 0.05) is 17.8 Å². The second-order valence-corrected chi connectivity index (χ2v) is 4.31. The van der Waals surface area contributed by atoms with Crippen molar-refractivity contribution in [1.29, 1.82) is 0 Å². The molecule has 1 N–H and O–H groups in total. The molecule has 2 unspecified atom stereocenters. The molecule has 0 aromatic heterocycles. The van der Waals surface area contributed by atoms with Crippen LogP contribution < -0.4 is 5.32 Å². The highest BCUT2D eigenvalue weighted by Gasteiger charge is 2.13. The highest BCUT2D eigenvalue weighted by molar-refractivity contribution is 6.17. The summed E-state index contributed by atoms with van der Waals surface area (Å²) in [5.74, 6) is 0.984. The SMILES string of the molecule is CCCC(C)C(=O)NC(C)CCCCl. The number of carbonyl (C=O) groups is 1. The largest absolute Gasteiger partial charge is 0.353 e. The van der Waals surface area contributed by atoms with Crippen LogP contribution in [0.1, 0.15) is 46.5 Å². The quantitative estimate of drug-likeness (QED) is 0.656. The zero-order valence-electron chi connectivity index (χ0n) is 9.48. The van der Waals surface area contributed by atoms with Crippen LogP contribution in [0.2, 0.25) is 0 Å². The normalized spacial score (nSPS) is 14.9. The number of rotatable bonds is 7. The summed E-state index contributed by atoms with van der Waals surface area (Å²) in [5, 5.41) is 3.00. The molecular formula is C11H22ClNO. The fourth-order valence-corrected chi connectivity index (χ4v) is 1.56. The molecule has 0 heterocycles. The van der Waals surface area contributed by atoms with Crippen LogP contribution >= 0.6 is 11.6 Å². The van der Waals surface area contributed by atoms with E-state index in [-0.39, 0.29) is 17.9 Å². The van der Waals surface area contributed by atoms with E-state index in [1.54, 1.807) is 0 Å². The van der Waals surface area contributed by atoms with Crippen LogP contribution in [-0.4, -0.2) is 17.8 Å². The Balaban J connectivity index is 3.69. The Bertz CT molecular complexity index is 161. The number of hydrogen-bond acceptors (Lipinski definition) is 1. The highest BCUT2D eigenvalue weighted by Crippen LogP contribution is 2.06. The van der Waals surface area contributed by atoms with Gasteiger partial charge in [-0.3, -0.25) is 4.79 Å². The number of alkyl halides is 1. The lowest BCUT2D eigenvalue weighted by molar-refractivity contribution is -0.125. The van der Waals surface area contributed by atoms with Gasteiger partial charge in [-0.25, -0.2) is 0 Å². The third-order valence-electron chi connectivity index (χ3n) is 2.33. The van der Waals surface area contributed by atoms with E-state index in [1.807, 2.05) is 13.8 Å². The number of hydrogen-bond donors (Lipinski definition) is 1. The second kappa shape index (κ2) is 8.10. The van der Waals surface area contributed by atoms with Crippen LogP contribution in [-0.2, 0) is 4.79 Å². The van der Waals surface area contributed by atoms with E-state index in [1.165, 1.54) is 0 Å². The fourth-order valence-electron chi connectivity index (χ4n) is 1.40. The zero-order chi connectivity index (χ0) is 11.0. The molecular weight excluding hydrogens is 198 g/mol. The maximum atomic E-state index is 11.6. The van der Waals surface area contributed by atoms with Crippen molar-refractivity contribution in [1.82, 2.24) is 5.32 Å². The van der Waals surface area contributed by atoms with Crippen LogP contribution in [0.4, 0.5) is 0 Å². The first-order chi connectivity index (χ1) is 6.61. The number of nitrogens with one attached hydrogen (secondary N) is 1. The zero-order valence-corrected chi connectivity index (χ0v) is 10.2. The number of carbonyl (C=O) groups excluding carboxylic acids is 1. The van der Waals surface area contributed by atoms with Gasteiger partial charge in [0.25, 0.3) is 0 Å². The molecule has 0 rings (SSSR count). The first-order valence-electron chi connectivity index (χ1n) is 5.48. The molecule has 0 saturated heterocycles. The van der Waals surface area contributed by atoms with E-state index in [2.05, 4.69) is 12.2 Å². The lowest BCUT2D eigenvalue weighted by Gasteiger charge is -2.16. The van der Waals surface area contributed by atoms with Crippen LogP contribution in [0.25, 0.3) is 0 Å². The summed E-state index contributed by atoms with van der Waals surface area (Å²) in [6.07, 6.45) is 3.96.